The zero-order valence-corrected chi connectivity index (χ0v) is 10.2. The van der Waals surface area contributed by atoms with Crippen molar-refractivity contribution in [2.24, 2.45) is 0 Å². The molecule has 0 atom stereocenters. The molecule has 0 fully saturated rings. The number of halogens is 1. The van der Waals surface area contributed by atoms with Gasteiger partial charge in [0.2, 0.25) is 0 Å². The zero-order valence-electron chi connectivity index (χ0n) is 9.44. The van der Waals surface area contributed by atoms with Gasteiger partial charge >= 0.3 is 0 Å². The number of nitrogens with one attached hydrogen (secondary N) is 1. The predicted octanol–water partition coefficient (Wildman–Crippen LogP) is 2.63. The Kier molecular flexibility index (Phi) is 3.44. The first-order chi connectivity index (χ1) is 8.16. The van der Waals surface area contributed by atoms with Crippen molar-refractivity contribution in [3.8, 4) is 0 Å². The molecule has 0 spiro atoms. The maximum Gasteiger partial charge on any atom is 0.150 e. The lowest BCUT2D eigenvalue weighted by atomic mass is 10.1. The fraction of sp³-hybridized carbons (Fsp3) is 0.167. The van der Waals surface area contributed by atoms with Gasteiger partial charge in [0.25, 0.3) is 0 Å². The van der Waals surface area contributed by atoms with Gasteiger partial charge in [-0.1, -0.05) is 41.4 Å². The second-order valence-electron chi connectivity index (χ2n) is 3.76. The summed E-state index contributed by atoms with van der Waals surface area (Å²) in [5.41, 5.74) is 7.98. The Labute approximate surface area is 105 Å². The quantitative estimate of drug-likeness (QED) is 0.877. The summed E-state index contributed by atoms with van der Waals surface area (Å²) in [5, 5.41) is 3.49. The van der Waals surface area contributed by atoms with Gasteiger partial charge in [0.1, 0.15) is 17.2 Å². The standard InChI is InChI=1S/C12H13ClN4/c1-8-2-4-9(5-3-8)6-15-12-10(13)11(14)16-7-17-12/h2-5,7H,6H2,1H3,(H3,14,15,16,17). The average Bonchev–Trinajstić information content (AvgIpc) is 2.33. The van der Waals surface area contributed by atoms with E-state index >= 15 is 0 Å². The maximum atomic E-state index is 5.97. The van der Waals surface area contributed by atoms with Crippen LogP contribution < -0.4 is 11.1 Å². The SMILES string of the molecule is Cc1ccc(CNc2ncnc(N)c2Cl)cc1. The molecular formula is C12H13ClN4. The van der Waals surface area contributed by atoms with Crippen LogP contribution >= 0.6 is 11.6 Å². The van der Waals surface area contributed by atoms with Gasteiger partial charge < -0.3 is 11.1 Å². The van der Waals surface area contributed by atoms with E-state index in [0.717, 1.165) is 5.56 Å². The second-order valence-corrected chi connectivity index (χ2v) is 4.14. The van der Waals surface area contributed by atoms with E-state index in [0.29, 0.717) is 17.4 Å². The summed E-state index contributed by atoms with van der Waals surface area (Å²) in [5.74, 6) is 0.841. The van der Waals surface area contributed by atoms with Crippen LogP contribution in [0.4, 0.5) is 11.6 Å². The van der Waals surface area contributed by atoms with Gasteiger partial charge in [-0.15, -0.1) is 0 Å². The highest BCUT2D eigenvalue weighted by molar-refractivity contribution is 6.35. The monoisotopic (exact) mass is 248 g/mol. The molecule has 5 heteroatoms. The largest absolute Gasteiger partial charge is 0.382 e. The first-order valence-electron chi connectivity index (χ1n) is 5.22. The van der Waals surface area contributed by atoms with E-state index in [2.05, 4.69) is 46.5 Å². The Morgan fingerprint density at radius 1 is 1.24 bits per heavy atom. The molecule has 0 aliphatic heterocycles. The lowest BCUT2D eigenvalue weighted by Crippen LogP contribution is -2.04. The van der Waals surface area contributed by atoms with Crippen molar-refractivity contribution in [2.75, 3.05) is 11.1 Å². The van der Waals surface area contributed by atoms with E-state index in [4.69, 9.17) is 17.3 Å². The number of nitrogens with zero attached hydrogens (tertiary/aromatic N) is 2. The smallest absolute Gasteiger partial charge is 0.150 e. The van der Waals surface area contributed by atoms with Gasteiger partial charge in [-0.05, 0) is 12.5 Å². The molecule has 17 heavy (non-hydrogen) atoms. The third kappa shape index (κ3) is 2.85. The van der Waals surface area contributed by atoms with Crippen LogP contribution in [0.1, 0.15) is 11.1 Å². The summed E-state index contributed by atoms with van der Waals surface area (Å²) >= 11 is 5.97. The van der Waals surface area contributed by atoms with Gasteiger partial charge in [-0.3, -0.25) is 0 Å². The fourth-order valence-electron chi connectivity index (χ4n) is 1.40. The second kappa shape index (κ2) is 5.01. The Bertz CT molecular complexity index is 510. The lowest BCUT2D eigenvalue weighted by Gasteiger charge is -2.08. The Hall–Kier alpha value is -1.81. The summed E-state index contributed by atoms with van der Waals surface area (Å²) in [6, 6.07) is 8.24. The van der Waals surface area contributed by atoms with Crippen molar-refractivity contribution in [1.82, 2.24) is 9.97 Å². The Morgan fingerprint density at radius 2 is 1.94 bits per heavy atom. The van der Waals surface area contributed by atoms with Crippen molar-refractivity contribution in [3.05, 3.63) is 46.7 Å². The van der Waals surface area contributed by atoms with Crippen LogP contribution in [0.15, 0.2) is 30.6 Å². The van der Waals surface area contributed by atoms with Gasteiger partial charge in [-0.25, -0.2) is 9.97 Å². The summed E-state index contributed by atoms with van der Waals surface area (Å²) in [4.78, 5) is 7.84. The van der Waals surface area contributed by atoms with Crippen LogP contribution in [0, 0.1) is 6.92 Å². The molecule has 4 nitrogen and oxygen atoms in total. The molecule has 0 saturated carbocycles. The van der Waals surface area contributed by atoms with Crippen molar-refractivity contribution < 1.29 is 0 Å². The molecule has 0 aliphatic carbocycles. The molecule has 0 bridgehead atoms. The number of aromatic nitrogens is 2. The minimum Gasteiger partial charge on any atom is -0.382 e. The lowest BCUT2D eigenvalue weighted by molar-refractivity contribution is 1.08. The number of benzene rings is 1. The summed E-state index contributed by atoms with van der Waals surface area (Å²) in [7, 11) is 0. The molecule has 0 amide bonds. The van der Waals surface area contributed by atoms with Gasteiger partial charge in [-0.2, -0.15) is 0 Å². The number of anilines is 2. The number of nitrogens with two attached hydrogens (primary N) is 1. The van der Waals surface area contributed by atoms with Gasteiger partial charge in [0, 0.05) is 6.54 Å². The van der Waals surface area contributed by atoms with Crippen LogP contribution in [0.3, 0.4) is 0 Å². The van der Waals surface area contributed by atoms with E-state index in [1.807, 2.05) is 0 Å². The number of aryl methyl sites for hydroxylation is 1. The van der Waals surface area contributed by atoms with E-state index in [1.165, 1.54) is 11.9 Å². The first-order valence-corrected chi connectivity index (χ1v) is 5.60. The minimum absolute atomic E-state index is 0.285. The molecule has 0 aliphatic rings. The maximum absolute atomic E-state index is 5.97. The molecule has 1 heterocycles. The third-order valence-corrected chi connectivity index (χ3v) is 2.77. The molecule has 3 N–H and O–H groups in total. The normalized spacial score (nSPS) is 10.2. The number of hydrogen-bond acceptors (Lipinski definition) is 4. The van der Waals surface area contributed by atoms with E-state index in [1.54, 1.807) is 0 Å². The zero-order chi connectivity index (χ0) is 12.3. The summed E-state index contributed by atoms with van der Waals surface area (Å²) in [6.07, 6.45) is 1.39. The van der Waals surface area contributed by atoms with Crippen molar-refractivity contribution in [1.29, 1.82) is 0 Å². The average molecular weight is 249 g/mol. The van der Waals surface area contributed by atoms with Crippen molar-refractivity contribution in [2.45, 2.75) is 13.5 Å². The van der Waals surface area contributed by atoms with Gasteiger partial charge in [0.05, 0.1) is 0 Å². The van der Waals surface area contributed by atoms with Crippen molar-refractivity contribution in [3.63, 3.8) is 0 Å². The molecule has 0 saturated heterocycles. The number of hydrogen-bond donors (Lipinski definition) is 2. The summed E-state index contributed by atoms with van der Waals surface area (Å²) < 4.78 is 0. The van der Waals surface area contributed by atoms with Crippen LogP contribution in [-0.2, 0) is 6.54 Å². The molecule has 2 rings (SSSR count). The molecular weight excluding hydrogens is 236 g/mol. The van der Waals surface area contributed by atoms with E-state index < -0.39 is 0 Å². The highest BCUT2D eigenvalue weighted by Gasteiger charge is 2.05. The van der Waals surface area contributed by atoms with Gasteiger partial charge in [0.15, 0.2) is 5.82 Å². The van der Waals surface area contributed by atoms with Crippen LogP contribution in [0.25, 0.3) is 0 Å². The molecule has 2 aromatic rings. The van der Waals surface area contributed by atoms with E-state index in [-0.39, 0.29) is 5.82 Å². The van der Waals surface area contributed by atoms with Crippen LogP contribution in [0.5, 0.6) is 0 Å². The molecule has 88 valence electrons. The number of rotatable bonds is 3. The Morgan fingerprint density at radius 3 is 2.65 bits per heavy atom. The highest BCUT2D eigenvalue weighted by atomic mass is 35.5. The fourth-order valence-corrected chi connectivity index (χ4v) is 1.56. The molecule has 1 aromatic carbocycles. The predicted molar refractivity (Wildman–Crippen MR) is 70.0 cm³/mol. The Balaban J connectivity index is 2.07. The topological polar surface area (TPSA) is 63.8 Å². The molecule has 0 radical (unpaired) electrons. The first kappa shape index (κ1) is 11.7. The number of nitrogen functional groups attached to an aromatic ring is 1. The molecule has 1 aromatic heterocycles. The third-order valence-electron chi connectivity index (χ3n) is 2.40. The summed E-state index contributed by atoms with van der Waals surface area (Å²) in [6.45, 7) is 2.70. The molecule has 0 unspecified atom stereocenters. The van der Waals surface area contributed by atoms with Crippen molar-refractivity contribution >= 4 is 23.2 Å². The van der Waals surface area contributed by atoms with E-state index in [9.17, 15) is 0 Å². The minimum atomic E-state index is 0.285. The highest BCUT2D eigenvalue weighted by Crippen LogP contribution is 2.23. The van der Waals surface area contributed by atoms with Crippen LogP contribution in [-0.4, -0.2) is 9.97 Å². The van der Waals surface area contributed by atoms with Crippen LogP contribution in [0.2, 0.25) is 5.02 Å².